The van der Waals surface area contributed by atoms with Crippen molar-refractivity contribution in [2.45, 2.75) is 9.79 Å². The van der Waals surface area contributed by atoms with Gasteiger partial charge in [0, 0.05) is 6.07 Å². The zero-order chi connectivity index (χ0) is 14.0. The first-order chi connectivity index (χ1) is 8.95. The number of rotatable bonds is 3. The summed E-state index contributed by atoms with van der Waals surface area (Å²) in [6, 6.07) is 8.81. The lowest BCUT2D eigenvalue weighted by atomic mass is 10.3. The summed E-state index contributed by atoms with van der Waals surface area (Å²) in [4.78, 5) is 0.0610. The number of halogens is 1. The van der Waals surface area contributed by atoms with Gasteiger partial charge in [-0.1, -0.05) is 0 Å². The topological polar surface area (TPSA) is 69.4 Å². The molecule has 0 amide bonds. The SMILES string of the molecule is COc1cc(S(=O)(=O)c2ccc(F)cc2)ccc1N. The molecule has 2 N–H and O–H groups in total. The summed E-state index contributed by atoms with van der Waals surface area (Å²) in [5.74, 6) is -0.211. The van der Waals surface area contributed by atoms with Gasteiger partial charge < -0.3 is 10.5 Å². The van der Waals surface area contributed by atoms with Gasteiger partial charge in [0.15, 0.2) is 0 Å². The van der Waals surface area contributed by atoms with E-state index >= 15 is 0 Å². The molecule has 0 atom stereocenters. The number of ether oxygens (including phenoxy) is 1. The molecule has 0 bridgehead atoms. The number of sulfone groups is 1. The van der Waals surface area contributed by atoms with Crippen molar-refractivity contribution in [2.75, 3.05) is 12.8 Å². The molecule has 0 heterocycles. The normalized spacial score (nSPS) is 11.3. The largest absolute Gasteiger partial charge is 0.495 e. The number of nitrogens with two attached hydrogens (primary N) is 1. The molecule has 0 saturated carbocycles. The zero-order valence-electron chi connectivity index (χ0n) is 10.1. The Labute approximate surface area is 110 Å². The zero-order valence-corrected chi connectivity index (χ0v) is 10.9. The summed E-state index contributed by atoms with van der Waals surface area (Å²) in [5, 5.41) is 0. The Bertz CT molecular complexity index is 696. The monoisotopic (exact) mass is 281 g/mol. The molecule has 0 fully saturated rings. The minimum absolute atomic E-state index is 0.0146. The maximum atomic E-state index is 12.8. The highest BCUT2D eigenvalue weighted by atomic mass is 32.2. The van der Waals surface area contributed by atoms with Gasteiger partial charge in [-0.15, -0.1) is 0 Å². The minimum atomic E-state index is -3.71. The third-order valence-corrected chi connectivity index (χ3v) is 4.41. The number of hydrogen-bond donors (Lipinski definition) is 1. The van der Waals surface area contributed by atoms with Crippen molar-refractivity contribution in [3.8, 4) is 5.75 Å². The summed E-state index contributed by atoms with van der Waals surface area (Å²) in [5.41, 5.74) is 5.98. The second kappa shape index (κ2) is 4.89. The van der Waals surface area contributed by atoms with E-state index in [2.05, 4.69) is 0 Å². The quantitative estimate of drug-likeness (QED) is 0.692. The Kier molecular flexibility index (Phi) is 3.44. The third kappa shape index (κ3) is 2.53. The van der Waals surface area contributed by atoms with Crippen LogP contribution in [0.25, 0.3) is 0 Å². The molecule has 0 aliphatic rings. The molecule has 0 aliphatic carbocycles. The van der Waals surface area contributed by atoms with Crippen molar-refractivity contribution in [3.63, 3.8) is 0 Å². The van der Waals surface area contributed by atoms with Crippen molar-refractivity contribution in [3.05, 3.63) is 48.3 Å². The van der Waals surface area contributed by atoms with E-state index in [0.717, 1.165) is 12.1 Å². The molecule has 2 aromatic rings. The Morgan fingerprint density at radius 3 is 2.21 bits per heavy atom. The van der Waals surface area contributed by atoms with Gasteiger partial charge in [0.2, 0.25) is 9.84 Å². The van der Waals surface area contributed by atoms with Gasteiger partial charge in [-0.25, -0.2) is 12.8 Å². The summed E-state index contributed by atoms with van der Waals surface area (Å²) in [6.07, 6.45) is 0. The smallest absolute Gasteiger partial charge is 0.206 e. The van der Waals surface area contributed by atoms with E-state index in [-0.39, 0.29) is 15.5 Å². The lowest BCUT2D eigenvalue weighted by molar-refractivity contribution is 0.415. The first kappa shape index (κ1) is 13.4. The van der Waals surface area contributed by atoms with E-state index in [4.69, 9.17) is 10.5 Å². The van der Waals surface area contributed by atoms with Gasteiger partial charge >= 0.3 is 0 Å². The van der Waals surface area contributed by atoms with Crippen LogP contribution in [0.5, 0.6) is 5.75 Å². The molecular weight excluding hydrogens is 269 g/mol. The number of methoxy groups -OCH3 is 1. The fraction of sp³-hybridized carbons (Fsp3) is 0.0769. The van der Waals surface area contributed by atoms with Crippen LogP contribution < -0.4 is 10.5 Å². The Morgan fingerprint density at radius 2 is 1.63 bits per heavy atom. The maximum Gasteiger partial charge on any atom is 0.206 e. The van der Waals surface area contributed by atoms with Gasteiger partial charge in [-0.05, 0) is 36.4 Å². The molecular formula is C13H12FNO3S. The summed E-state index contributed by atoms with van der Waals surface area (Å²) >= 11 is 0. The molecule has 0 saturated heterocycles. The average molecular weight is 281 g/mol. The first-order valence-electron chi connectivity index (χ1n) is 5.39. The molecule has 6 heteroatoms. The Balaban J connectivity index is 2.53. The van der Waals surface area contributed by atoms with E-state index in [1.807, 2.05) is 0 Å². The highest BCUT2D eigenvalue weighted by Crippen LogP contribution is 2.28. The molecule has 0 radical (unpaired) electrons. The predicted octanol–water partition coefficient (Wildman–Crippen LogP) is 2.25. The van der Waals surface area contributed by atoms with Gasteiger partial charge in [0.1, 0.15) is 11.6 Å². The van der Waals surface area contributed by atoms with Crippen LogP contribution in [0.15, 0.2) is 52.3 Å². The first-order valence-corrected chi connectivity index (χ1v) is 6.87. The molecule has 0 spiro atoms. The van der Waals surface area contributed by atoms with Crippen LogP contribution in [0.2, 0.25) is 0 Å². The fourth-order valence-corrected chi connectivity index (χ4v) is 2.88. The van der Waals surface area contributed by atoms with E-state index in [1.54, 1.807) is 0 Å². The summed E-state index contributed by atoms with van der Waals surface area (Å²) in [6.45, 7) is 0. The van der Waals surface area contributed by atoms with Gasteiger partial charge in [0.25, 0.3) is 0 Å². The van der Waals surface area contributed by atoms with Crippen molar-refractivity contribution in [1.29, 1.82) is 0 Å². The number of nitrogen functional groups attached to an aromatic ring is 1. The molecule has 2 aromatic carbocycles. The maximum absolute atomic E-state index is 12.8. The van der Waals surface area contributed by atoms with Crippen molar-refractivity contribution >= 4 is 15.5 Å². The lowest BCUT2D eigenvalue weighted by Gasteiger charge is -2.08. The second-order valence-corrected chi connectivity index (χ2v) is 5.81. The average Bonchev–Trinajstić information content (AvgIpc) is 2.39. The van der Waals surface area contributed by atoms with E-state index in [1.165, 1.54) is 37.4 Å². The second-order valence-electron chi connectivity index (χ2n) is 3.86. The van der Waals surface area contributed by atoms with Gasteiger partial charge in [-0.2, -0.15) is 0 Å². The molecule has 0 aliphatic heterocycles. The van der Waals surface area contributed by atoms with Crippen LogP contribution in [0, 0.1) is 5.82 Å². The summed E-state index contributed by atoms with van der Waals surface area (Å²) in [7, 11) is -2.30. The van der Waals surface area contributed by atoms with E-state index in [0.29, 0.717) is 5.69 Å². The highest BCUT2D eigenvalue weighted by Gasteiger charge is 2.19. The lowest BCUT2D eigenvalue weighted by Crippen LogP contribution is -2.03. The van der Waals surface area contributed by atoms with Crippen LogP contribution in [0.4, 0.5) is 10.1 Å². The Hall–Kier alpha value is -2.08. The van der Waals surface area contributed by atoms with Crippen LogP contribution in [-0.2, 0) is 9.84 Å². The molecule has 0 unspecified atom stereocenters. The Morgan fingerprint density at radius 1 is 1.05 bits per heavy atom. The number of benzene rings is 2. The highest BCUT2D eigenvalue weighted by molar-refractivity contribution is 7.91. The van der Waals surface area contributed by atoms with Crippen molar-refractivity contribution in [2.24, 2.45) is 0 Å². The van der Waals surface area contributed by atoms with Crippen LogP contribution in [0.3, 0.4) is 0 Å². The van der Waals surface area contributed by atoms with Crippen molar-refractivity contribution < 1.29 is 17.5 Å². The number of anilines is 1. The van der Waals surface area contributed by atoms with Crippen molar-refractivity contribution in [1.82, 2.24) is 0 Å². The molecule has 100 valence electrons. The molecule has 4 nitrogen and oxygen atoms in total. The third-order valence-electron chi connectivity index (χ3n) is 2.64. The standard InChI is InChI=1S/C13H12FNO3S/c1-18-13-8-11(6-7-12(13)15)19(16,17)10-4-2-9(14)3-5-10/h2-8H,15H2,1H3. The van der Waals surface area contributed by atoms with Gasteiger partial charge in [0.05, 0.1) is 22.6 Å². The van der Waals surface area contributed by atoms with E-state index < -0.39 is 15.7 Å². The number of hydrogen-bond acceptors (Lipinski definition) is 4. The fourth-order valence-electron chi connectivity index (χ4n) is 1.61. The predicted molar refractivity (Wildman–Crippen MR) is 69.3 cm³/mol. The minimum Gasteiger partial charge on any atom is -0.495 e. The van der Waals surface area contributed by atoms with Gasteiger partial charge in [-0.3, -0.25) is 0 Å². The van der Waals surface area contributed by atoms with Crippen LogP contribution in [-0.4, -0.2) is 15.5 Å². The van der Waals surface area contributed by atoms with Crippen LogP contribution >= 0.6 is 0 Å². The van der Waals surface area contributed by atoms with E-state index in [9.17, 15) is 12.8 Å². The van der Waals surface area contributed by atoms with Crippen LogP contribution in [0.1, 0.15) is 0 Å². The molecule has 19 heavy (non-hydrogen) atoms. The molecule has 2 rings (SSSR count). The summed E-state index contributed by atoms with van der Waals surface area (Å²) < 4.78 is 42.4. The molecule has 0 aromatic heterocycles.